The van der Waals surface area contributed by atoms with Gasteiger partial charge in [-0.3, -0.25) is 0 Å². The number of benzene rings is 1. The molecule has 20 heavy (non-hydrogen) atoms. The van der Waals surface area contributed by atoms with Crippen molar-refractivity contribution in [2.75, 3.05) is 0 Å². The van der Waals surface area contributed by atoms with E-state index in [9.17, 15) is 14.3 Å². The summed E-state index contributed by atoms with van der Waals surface area (Å²) >= 11 is 1.24. The highest BCUT2D eigenvalue weighted by molar-refractivity contribution is 7.22. The Labute approximate surface area is 116 Å². The summed E-state index contributed by atoms with van der Waals surface area (Å²) in [5, 5.41) is 19.5. The first-order chi connectivity index (χ1) is 9.56. The fourth-order valence-corrected chi connectivity index (χ4v) is 2.98. The number of fused-ring (bicyclic) bond motifs is 1. The molecule has 1 aromatic carbocycles. The molecule has 0 saturated carbocycles. The van der Waals surface area contributed by atoms with Crippen molar-refractivity contribution in [3.63, 3.8) is 0 Å². The Balaban J connectivity index is 2.18. The lowest BCUT2D eigenvalue weighted by Crippen LogP contribution is -1.99. The Bertz CT molecular complexity index is 811. The maximum Gasteiger partial charge on any atom is 0.358 e. The Hall–Kier alpha value is -2.47. The lowest BCUT2D eigenvalue weighted by molar-refractivity contribution is 0.0687. The summed E-state index contributed by atoms with van der Waals surface area (Å²) in [6, 6.07) is 7.73. The van der Waals surface area contributed by atoms with Gasteiger partial charge in [0.2, 0.25) is 0 Å². The summed E-state index contributed by atoms with van der Waals surface area (Å²) in [5.74, 6) is -1.94. The summed E-state index contributed by atoms with van der Waals surface area (Å²) in [7, 11) is 0. The standard InChI is InChI=1S/C14H8FNO3S/c15-9-3-1-7(2-4-9)10-5-8-6-16-11(14(18)19)12(17)13(8)20-10/h1-6,17H,(H,18,19). The van der Waals surface area contributed by atoms with Crippen LogP contribution >= 0.6 is 11.3 Å². The van der Waals surface area contributed by atoms with E-state index in [1.54, 1.807) is 18.2 Å². The lowest BCUT2D eigenvalue weighted by Gasteiger charge is -1.98. The van der Waals surface area contributed by atoms with Crippen molar-refractivity contribution in [2.24, 2.45) is 0 Å². The van der Waals surface area contributed by atoms with E-state index in [0.717, 1.165) is 10.4 Å². The van der Waals surface area contributed by atoms with Crippen LogP contribution in [0.5, 0.6) is 5.75 Å². The van der Waals surface area contributed by atoms with Gasteiger partial charge in [0.25, 0.3) is 0 Å². The van der Waals surface area contributed by atoms with E-state index in [4.69, 9.17) is 5.11 Å². The molecule has 0 amide bonds. The first-order valence-electron chi connectivity index (χ1n) is 5.67. The van der Waals surface area contributed by atoms with Crippen LogP contribution in [-0.4, -0.2) is 21.2 Å². The summed E-state index contributed by atoms with van der Waals surface area (Å²) in [4.78, 5) is 15.4. The van der Waals surface area contributed by atoms with Gasteiger partial charge in [-0.05, 0) is 23.8 Å². The van der Waals surface area contributed by atoms with Gasteiger partial charge in [0.15, 0.2) is 11.4 Å². The van der Waals surface area contributed by atoms with E-state index in [0.29, 0.717) is 10.1 Å². The predicted molar refractivity (Wildman–Crippen MR) is 73.6 cm³/mol. The zero-order chi connectivity index (χ0) is 14.3. The van der Waals surface area contributed by atoms with E-state index in [1.165, 1.54) is 29.7 Å². The number of aromatic carboxylic acids is 1. The zero-order valence-corrected chi connectivity index (χ0v) is 10.8. The number of aromatic nitrogens is 1. The van der Waals surface area contributed by atoms with E-state index in [-0.39, 0.29) is 17.3 Å². The third-order valence-corrected chi connectivity index (χ3v) is 4.07. The molecule has 2 aromatic heterocycles. The van der Waals surface area contributed by atoms with Crippen LogP contribution in [0.15, 0.2) is 36.5 Å². The molecule has 0 fully saturated rings. The minimum atomic E-state index is -1.28. The molecule has 0 radical (unpaired) electrons. The van der Waals surface area contributed by atoms with Crippen molar-refractivity contribution in [2.45, 2.75) is 0 Å². The molecule has 4 nitrogen and oxygen atoms in total. The van der Waals surface area contributed by atoms with Crippen molar-refractivity contribution in [3.8, 4) is 16.2 Å². The van der Waals surface area contributed by atoms with Gasteiger partial charge in [-0.25, -0.2) is 14.2 Å². The molecule has 6 heteroatoms. The third kappa shape index (κ3) is 2.00. The number of pyridine rings is 1. The number of hydrogen-bond donors (Lipinski definition) is 2. The SMILES string of the molecule is O=C(O)c1ncc2cc(-c3ccc(F)cc3)sc2c1O. The van der Waals surface area contributed by atoms with Gasteiger partial charge in [-0.1, -0.05) is 12.1 Å². The molecule has 0 atom stereocenters. The summed E-state index contributed by atoms with van der Waals surface area (Å²) < 4.78 is 13.4. The number of aromatic hydroxyl groups is 1. The minimum Gasteiger partial charge on any atom is -0.504 e. The third-order valence-electron chi connectivity index (χ3n) is 2.86. The van der Waals surface area contributed by atoms with Gasteiger partial charge in [-0.2, -0.15) is 0 Å². The zero-order valence-electron chi connectivity index (χ0n) is 10.0. The van der Waals surface area contributed by atoms with Gasteiger partial charge in [0.05, 0.1) is 4.70 Å². The summed E-state index contributed by atoms with van der Waals surface area (Å²) in [5.41, 5.74) is 0.425. The van der Waals surface area contributed by atoms with Gasteiger partial charge >= 0.3 is 5.97 Å². The van der Waals surface area contributed by atoms with Crippen LogP contribution in [0.25, 0.3) is 20.5 Å². The molecule has 0 unspecified atom stereocenters. The molecule has 0 aliphatic carbocycles. The normalized spacial score (nSPS) is 10.8. The molecular weight excluding hydrogens is 281 g/mol. The molecular formula is C14H8FNO3S. The molecule has 100 valence electrons. The summed E-state index contributed by atoms with van der Waals surface area (Å²) in [6.45, 7) is 0. The topological polar surface area (TPSA) is 70.4 Å². The number of carboxylic acid groups (broad SMARTS) is 1. The van der Waals surface area contributed by atoms with Crippen molar-refractivity contribution in [3.05, 3.63) is 48.0 Å². The fourth-order valence-electron chi connectivity index (χ4n) is 1.90. The highest BCUT2D eigenvalue weighted by atomic mass is 32.1. The number of nitrogens with zero attached hydrogens (tertiary/aromatic N) is 1. The molecule has 2 N–H and O–H groups in total. The number of halogens is 1. The van der Waals surface area contributed by atoms with Crippen LogP contribution in [0.4, 0.5) is 4.39 Å². The van der Waals surface area contributed by atoms with Crippen molar-refractivity contribution in [1.82, 2.24) is 4.98 Å². The molecule has 3 rings (SSSR count). The van der Waals surface area contributed by atoms with E-state index in [2.05, 4.69) is 4.98 Å². The number of rotatable bonds is 2. The Morgan fingerprint density at radius 1 is 1.25 bits per heavy atom. The van der Waals surface area contributed by atoms with Gasteiger partial charge < -0.3 is 10.2 Å². The molecule has 0 saturated heterocycles. The molecule has 0 aliphatic rings. The van der Waals surface area contributed by atoms with Crippen LogP contribution < -0.4 is 0 Å². The van der Waals surface area contributed by atoms with Crippen LogP contribution in [0.1, 0.15) is 10.5 Å². The van der Waals surface area contributed by atoms with Crippen LogP contribution in [0.3, 0.4) is 0 Å². The Morgan fingerprint density at radius 2 is 1.95 bits per heavy atom. The average Bonchev–Trinajstić information content (AvgIpc) is 2.84. The maximum absolute atomic E-state index is 12.9. The Morgan fingerprint density at radius 3 is 2.60 bits per heavy atom. The predicted octanol–water partition coefficient (Wildman–Crippen LogP) is 3.51. The quantitative estimate of drug-likeness (QED) is 0.757. The number of carbonyl (C=O) groups is 1. The maximum atomic E-state index is 12.9. The molecule has 2 heterocycles. The second-order valence-corrected chi connectivity index (χ2v) is 5.21. The number of thiophene rings is 1. The second-order valence-electron chi connectivity index (χ2n) is 4.16. The van der Waals surface area contributed by atoms with E-state index < -0.39 is 5.97 Å². The van der Waals surface area contributed by atoms with Crippen LogP contribution in [-0.2, 0) is 0 Å². The second kappa shape index (κ2) is 4.57. The van der Waals surface area contributed by atoms with Gasteiger partial charge in [0.1, 0.15) is 5.82 Å². The highest BCUT2D eigenvalue weighted by Gasteiger charge is 2.17. The van der Waals surface area contributed by atoms with Gasteiger partial charge in [0, 0.05) is 16.5 Å². The number of hydrogen-bond acceptors (Lipinski definition) is 4. The molecule has 0 spiro atoms. The summed E-state index contributed by atoms with van der Waals surface area (Å²) in [6.07, 6.45) is 1.40. The smallest absolute Gasteiger partial charge is 0.358 e. The molecule has 0 aliphatic heterocycles. The Kier molecular flexibility index (Phi) is 2.87. The lowest BCUT2D eigenvalue weighted by atomic mass is 10.1. The van der Waals surface area contributed by atoms with Crippen LogP contribution in [0.2, 0.25) is 0 Å². The van der Waals surface area contributed by atoms with Crippen molar-refractivity contribution < 1.29 is 19.4 Å². The largest absolute Gasteiger partial charge is 0.504 e. The first-order valence-corrected chi connectivity index (χ1v) is 6.48. The van der Waals surface area contributed by atoms with Gasteiger partial charge in [-0.15, -0.1) is 11.3 Å². The van der Waals surface area contributed by atoms with Crippen molar-refractivity contribution >= 4 is 27.4 Å². The minimum absolute atomic E-state index is 0.326. The van der Waals surface area contributed by atoms with Crippen molar-refractivity contribution in [1.29, 1.82) is 0 Å². The molecule has 0 bridgehead atoms. The average molecular weight is 289 g/mol. The fraction of sp³-hybridized carbons (Fsp3) is 0. The van der Waals surface area contributed by atoms with Crippen LogP contribution in [0, 0.1) is 5.82 Å². The van der Waals surface area contributed by atoms with E-state index >= 15 is 0 Å². The molecule has 3 aromatic rings. The highest BCUT2D eigenvalue weighted by Crippen LogP contribution is 2.38. The van der Waals surface area contributed by atoms with E-state index in [1.807, 2.05) is 0 Å². The first kappa shape index (κ1) is 12.6. The monoisotopic (exact) mass is 289 g/mol. The number of carboxylic acids is 1.